The van der Waals surface area contributed by atoms with E-state index >= 15 is 0 Å². The minimum Gasteiger partial charge on any atom is -0.497 e. The fraction of sp³-hybridized carbons (Fsp3) is 0.708. The average molecular weight is 432 g/mol. The fourth-order valence-electron chi connectivity index (χ4n) is 4.71. The van der Waals surface area contributed by atoms with Crippen LogP contribution >= 0.6 is 0 Å². The van der Waals surface area contributed by atoms with Crippen molar-refractivity contribution in [3.8, 4) is 11.5 Å². The number of nitrogens with one attached hydrogen (secondary N) is 1. The minimum atomic E-state index is 0.239. The van der Waals surface area contributed by atoms with E-state index in [1.165, 1.54) is 58.3 Å². The standard InChI is InChI=1S/C24H41N5O2/c1-25-23(28(3)18-19-31-22-10-8-21(30-4)9-11-22)26-20-24(12-16-27(2)17-13-24)29-14-6-5-7-15-29/h8-11H,5-7,12-20H2,1-4H3,(H,25,26). The Balaban J connectivity index is 1.51. The number of piperidine rings is 2. The molecule has 1 aromatic carbocycles. The number of methoxy groups -OCH3 is 1. The van der Waals surface area contributed by atoms with Gasteiger partial charge in [0.1, 0.15) is 18.1 Å². The molecule has 0 spiro atoms. The van der Waals surface area contributed by atoms with E-state index in [0.29, 0.717) is 6.61 Å². The van der Waals surface area contributed by atoms with E-state index in [4.69, 9.17) is 9.47 Å². The normalized spacial score (nSPS) is 20.3. The van der Waals surface area contributed by atoms with Crippen molar-refractivity contribution in [1.82, 2.24) is 20.0 Å². The van der Waals surface area contributed by atoms with Crippen LogP contribution in [0.5, 0.6) is 11.5 Å². The maximum atomic E-state index is 5.90. The molecule has 0 atom stereocenters. The lowest BCUT2D eigenvalue weighted by molar-refractivity contribution is 0.0170. The van der Waals surface area contributed by atoms with E-state index in [1.54, 1.807) is 7.11 Å². The van der Waals surface area contributed by atoms with Crippen molar-refractivity contribution in [1.29, 1.82) is 0 Å². The summed E-state index contributed by atoms with van der Waals surface area (Å²) >= 11 is 0. The number of benzene rings is 1. The van der Waals surface area contributed by atoms with Gasteiger partial charge in [-0.3, -0.25) is 9.89 Å². The molecule has 2 fully saturated rings. The van der Waals surface area contributed by atoms with E-state index in [1.807, 2.05) is 31.3 Å². The van der Waals surface area contributed by atoms with Crippen molar-refractivity contribution in [2.75, 3.05) is 74.1 Å². The highest BCUT2D eigenvalue weighted by molar-refractivity contribution is 5.79. The first-order valence-electron chi connectivity index (χ1n) is 11.7. The number of rotatable bonds is 8. The molecule has 174 valence electrons. The molecule has 2 aliphatic rings. The molecular weight excluding hydrogens is 390 g/mol. The van der Waals surface area contributed by atoms with Gasteiger partial charge < -0.3 is 24.6 Å². The van der Waals surface area contributed by atoms with Crippen LogP contribution in [0.3, 0.4) is 0 Å². The molecule has 7 heteroatoms. The molecule has 2 aliphatic heterocycles. The van der Waals surface area contributed by atoms with Crippen molar-refractivity contribution >= 4 is 5.96 Å². The molecule has 3 rings (SSSR count). The van der Waals surface area contributed by atoms with Crippen molar-refractivity contribution in [2.24, 2.45) is 4.99 Å². The zero-order valence-electron chi connectivity index (χ0n) is 19.9. The van der Waals surface area contributed by atoms with Crippen LogP contribution in [0.25, 0.3) is 0 Å². The van der Waals surface area contributed by atoms with Gasteiger partial charge in [-0.05, 0) is 83.2 Å². The van der Waals surface area contributed by atoms with E-state index in [-0.39, 0.29) is 5.54 Å². The van der Waals surface area contributed by atoms with Crippen molar-refractivity contribution < 1.29 is 9.47 Å². The summed E-state index contributed by atoms with van der Waals surface area (Å²) in [6, 6.07) is 7.71. The SMILES string of the molecule is CN=C(NCC1(N2CCCCC2)CCN(C)CC1)N(C)CCOc1ccc(OC)cc1. The van der Waals surface area contributed by atoms with Crippen LogP contribution in [0.2, 0.25) is 0 Å². The van der Waals surface area contributed by atoms with E-state index in [2.05, 4.69) is 39.1 Å². The zero-order chi connectivity index (χ0) is 22.1. The van der Waals surface area contributed by atoms with E-state index in [0.717, 1.165) is 30.5 Å². The molecule has 0 bridgehead atoms. The summed E-state index contributed by atoms with van der Waals surface area (Å²) in [5, 5.41) is 3.70. The summed E-state index contributed by atoms with van der Waals surface area (Å²) in [6.07, 6.45) is 6.47. The van der Waals surface area contributed by atoms with E-state index in [9.17, 15) is 0 Å². The Kier molecular flexibility index (Phi) is 8.84. The molecule has 0 saturated carbocycles. The molecule has 2 heterocycles. The van der Waals surface area contributed by atoms with Crippen molar-refractivity contribution in [3.05, 3.63) is 24.3 Å². The van der Waals surface area contributed by atoms with Gasteiger partial charge in [0.2, 0.25) is 0 Å². The monoisotopic (exact) mass is 431 g/mol. The van der Waals surface area contributed by atoms with Crippen LogP contribution in [0, 0.1) is 0 Å². The predicted octanol–water partition coefficient (Wildman–Crippen LogP) is 2.53. The Morgan fingerprint density at radius 1 is 1.06 bits per heavy atom. The van der Waals surface area contributed by atoms with Gasteiger partial charge in [0.25, 0.3) is 0 Å². The molecule has 2 saturated heterocycles. The zero-order valence-corrected chi connectivity index (χ0v) is 19.9. The third kappa shape index (κ3) is 6.50. The first-order chi connectivity index (χ1) is 15.1. The smallest absolute Gasteiger partial charge is 0.193 e. The number of likely N-dealkylation sites (tertiary alicyclic amines) is 2. The number of likely N-dealkylation sites (N-methyl/N-ethyl adjacent to an activating group) is 1. The largest absolute Gasteiger partial charge is 0.497 e. The summed E-state index contributed by atoms with van der Waals surface area (Å²) in [5.74, 6) is 2.63. The summed E-state index contributed by atoms with van der Waals surface area (Å²) in [7, 11) is 7.85. The summed E-state index contributed by atoms with van der Waals surface area (Å²) in [6.45, 7) is 7.13. The highest BCUT2D eigenvalue weighted by Gasteiger charge is 2.39. The summed E-state index contributed by atoms with van der Waals surface area (Å²) < 4.78 is 11.1. The topological polar surface area (TPSA) is 52.6 Å². The maximum Gasteiger partial charge on any atom is 0.193 e. The Bertz CT molecular complexity index is 680. The number of ether oxygens (including phenoxy) is 2. The molecule has 1 aromatic rings. The number of aliphatic imine (C=N–C) groups is 1. The van der Waals surface area contributed by atoms with E-state index < -0.39 is 0 Å². The van der Waals surface area contributed by atoms with Crippen molar-refractivity contribution in [2.45, 2.75) is 37.6 Å². The van der Waals surface area contributed by atoms with Gasteiger partial charge in [0, 0.05) is 26.2 Å². The second kappa shape index (κ2) is 11.6. The van der Waals surface area contributed by atoms with Gasteiger partial charge in [-0.2, -0.15) is 0 Å². The highest BCUT2D eigenvalue weighted by atomic mass is 16.5. The fourth-order valence-corrected chi connectivity index (χ4v) is 4.71. The second-order valence-electron chi connectivity index (χ2n) is 8.92. The molecular formula is C24H41N5O2. The number of guanidine groups is 1. The maximum absolute atomic E-state index is 5.90. The number of nitrogens with zero attached hydrogens (tertiary/aromatic N) is 4. The highest BCUT2D eigenvalue weighted by Crippen LogP contribution is 2.31. The minimum absolute atomic E-state index is 0.239. The lowest BCUT2D eigenvalue weighted by atomic mass is 9.84. The van der Waals surface area contributed by atoms with Crippen LogP contribution in [-0.2, 0) is 0 Å². The molecule has 1 N–H and O–H groups in total. The van der Waals surface area contributed by atoms with Gasteiger partial charge in [0.05, 0.1) is 13.7 Å². The third-order valence-corrected chi connectivity index (χ3v) is 6.85. The Labute approximate surface area is 188 Å². The molecule has 7 nitrogen and oxygen atoms in total. The van der Waals surface area contributed by atoms with Crippen molar-refractivity contribution in [3.63, 3.8) is 0 Å². The molecule has 0 aromatic heterocycles. The van der Waals surface area contributed by atoms with Gasteiger partial charge in [-0.1, -0.05) is 6.42 Å². The van der Waals surface area contributed by atoms with Gasteiger partial charge in [-0.25, -0.2) is 0 Å². The van der Waals surface area contributed by atoms with Crippen LogP contribution in [0.1, 0.15) is 32.1 Å². The molecule has 0 unspecified atom stereocenters. The number of hydrogen-bond acceptors (Lipinski definition) is 5. The van der Waals surface area contributed by atoms with Gasteiger partial charge in [0.15, 0.2) is 5.96 Å². The van der Waals surface area contributed by atoms with Gasteiger partial charge >= 0.3 is 0 Å². The average Bonchev–Trinajstić information content (AvgIpc) is 2.82. The molecule has 31 heavy (non-hydrogen) atoms. The quantitative estimate of drug-likeness (QED) is 0.504. The predicted molar refractivity (Wildman–Crippen MR) is 127 cm³/mol. The Morgan fingerprint density at radius 2 is 1.71 bits per heavy atom. The second-order valence-corrected chi connectivity index (χ2v) is 8.92. The van der Waals surface area contributed by atoms with Crippen LogP contribution in [0.15, 0.2) is 29.3 Å². The summed E-state index contributed by atoms with van der Waals surface area (Å²) in [4.78, 5) is 11.9. The molecule has 0 aliphatic carbocycles. The first-order valence-corrected chi connectivity index (χ1v) is 11.7. The number of hydrogen-bond donors (Lipinski definition) is 1. The molecule has 0 radical (unpaired) electrons. The van der Waals surface area contributed by atoms with Gasteiger partial charge in [-0.15, -0.1) is 0 Å². The Morgan fingerprint density at radius 3 is 2.32 bits per heavy atom. The van der Waals surface area contributed by atoms with Crippen LogP contribution < -0.4 is 14.8 Å². The lowest BCUT2D eigenvalue weighted by Gasteiger charge is -2.50. The summed E-state index contributed by atoms with van der Waals surface area (Å²) in [5.41, 5.74) is 0.239. The van der Waals surface area contributed by atoms with Crippen LogP contribution in [0.4, 0.5) is 0 Å². The third-order valence-electron chi connectivity index (χ3n) is 6.85. The van der Waals surface area contributed by atoms with Crippen LogP contribution in [-0.4, -0.2) is 100 Å². The Hall–Kier alpha value is -1.99. The molecule has 0 amide bonds. The lowest BCUT2D eigenvalue weighted by Crippen LogP contribution is -2.62. The first kappa shape index (κ1) is 23.7.